The Bertz CT molecular complexity index is 1030. The van der Waals surface area contributed by atoms with E-state index in [1.165, 1.54) is 16.6 Å². The zero-order valence-corrected chi connectivity index (χ0v) is 18.1. The molecule has 0 radical (unpaired) electrons. The number of likely N-dealkylation sites (N-methyl/N-ethyl adjacent to an activating group) is 1. The molecule has 1 aliphatic rings. The van der Waals surface area contributed by atoms with Gasteiger partial charge in [0.1, 0.15) is 11.6 Å². The van der Waals surface area contributed by atoms with Crippen molar-refractivity contribution in [3.63, 3.8) is 0 Å². The Morgan fingerprint density at radius 3 is 2.48 bits per heavy atom. The summed E-state index contributed by atoms with van der Waals surface area (Å²) in [6.07, 6.45) is 1.40. The van der Waals surface area contributed by atoms with Gasteiger partial charge in [0.2, 0.25) is 10.0 Å². The SMILES string of the molecule is CCOc1cc(C(C)C)c(S(=O)(=O)N2CCN(C)CC2)cc1-c1nccc(=O)[nH]1. The minimum Gasteiger partial charge on any atom is -0.493 e. The lowest BCUT2D eigenvalue weighted by molar-refractivity contribution is 0.222. The monoisotopic (exact) mass is 420 g/mol. The third kappa shape index (κ3) is 4.52. The summed E-state index contributed by atoms with van der Waals surface area (Å²) in [5.74, 6) is 0.761. The predicted molar refractivity (Wildman–Crippen MR) is 112 cm³/mol. The van der Waals surface area contributed by atoms with Gasteiger partial charge >= 0.3 is 0 Å². The Hall–Kier alpha value is -2.23. The fourth-order valence-corrected chi connectivity index (χ4v) is 5.17. The number of piperazine rings is 1. The number of rotatable bonds is 6. The van der Waals surface area contributed by atoms with E-state index in [0.717, 1.165) is 0 Å². The van der Waals surface area contributed by atoms with E-state index in [0.29, 0.717) is 49.7 Å². The molecule has 1 N–H and O–H groups in total. The van der Waals surface area contributed by atoms with Crippen molar-refractivity contribution in [2.45, 2.75) is 31.6 Å². The first-order valence-electron chi connectivity index (χ1n) is 9.79. The van der Waals surface area contributed by atoms with E-state index in [9.17, 15) is 13.2 Å². The van der Waals surface area contributed by atoms with Gasteiger partial charge < -0.3 is 14.6 Å². The number of ether oxygens (including phenoxy) is 1. The minimum atomic E-state index is -3.70. The molecule has 1 fully saturated rings. The molecule has 1 saturated heterocycles. The molecule has 0 aliphatic carbocycles. The Labute approximate surface area is 171 Å². The van der Waals surface area contributed by atoms with Gasteiger partial charge in [-0.2, -0.15) is 4.31 Å². The number of hydrogen-bond donors (Lipinski definition) is 1. The maximum atomic E-state index is 13.5. The van der Waals surface area contributed by atoms with Crippen LogP contribution in [-0.4, -0.2) is 67.4 Å². The van der Waals surface area contributed by atoms with Crippen LogP contribution in [0.3, 0.4) is 0 Å². The molecule has 2 heterocycles. The van der Waals surface area contributed by atoms with Crippen LogP contribution < -0.4 is 10.3 Å². The number of aromatic nitrogens is 2. The topological polar surface area (TPSA) is 95.6 Å². The highest BCUT2D eigenvalue weighted by Crippen LogP contribution is 2.37. The van der Waals surface area contributed by atoms with Crippen molar-refractivity contribution in [1.82, 2.24) is 19.2 Å². The normalized spacial score (nSPS) is 16.3. The standard InChI is InChI=1S/C20H28N4O4S/c1-5-28-17-12-15(14(2)3)18(13-16(17)20-21-7-6-19(25)22-20)29(26,27)24-10-8-23(4)9-11-24/h6-7,12-14H,5,8-11H2,1-4H3,(H,21,22,25). The number of benzene rings is 1. The summed E-state index contributed by atoms with van der Waals surface area (Å²) in [5.41, 5.74) is 0.838. The Morgan fingerprint density at radius 2 is 1.90 bits per heavy atom. The molecule has 0 atom stereocenters. The molecule has 0 spiro atoms. The van der Waals surface area contributed by atoms with E-state index in [4.69, 9.17) is 4.74 Å². The van der Waals surface area contributed by atoms with E-state index in [2.05, 4.69) is 14.9 Å². The summed E-state index contributed by atoms with van der Waals surface area (Å²) in [5, 5.41) is 0. The van der Waals surface area contributed by atoms with Crippen molar-refractivity contribution >= 4 is 10.0 Å². The molecule has 2 aromatic rings. The Kier molecular flexibility index (Phi) is 6.40. The smallest absolute Gasteiger partial charge is 0.251 e. The molecule has 1 aromatic carbocycles. The highest BCUT2D eigenvalue weighted by Gasteiger charge is 2.31. The van der Waals surface area contributed by atoms with E-state index in [1.54, 1.807) is 12.1 Å². The number of nitrogens with zero attached hydrogens (tertiary/aromatic N) is 3. The van der Waals surface area contributed by atoms with Crippen molar-refractivity contribution in [3.8, 4) is 17.1 Å². The molecular formula is C20H28N4O4S. The fourth-order valence-electron chi connectivity index (χ4n) is 3.38. The molecule has 158 valence electrons. The van der Waals surface area contributed by atoms with Gasteiger partial charge in [0.25, 0.3) is 5.56 Å². The average molecular weight is 421 g/mol. The summed E-state index contributed by atoms with van der Waals surface area (Å²) in [7, 11) is -1.72. The Morgan fingerprint density at radius 1 is 1.21 bits per heavy atom. The van der Waals surface area contributed by atoms with Crippen LogP contribution in [0.25, 0.3) is 11.4 Å². The molecule has 9 heteroatoms. The first-order chi connectivity index (χ1) is 13.7. The molecule has 0 bridgehead atoms. The van der Waals surface area contributed by atoms with Crippen LogP contribution in [0.15, 0.2) is 34.1 Å². The van der Waals surface area contributed by atoms with Crippen LogP contribution in [0.1, 0.15) is 32.3 Å². The average Bonchev–Trinajstić information content (AvgIpc) is 2.68. The molecule has 0 amide bonds. The number of nitrogens with one attached hydrogen (secondary N) is 1. The molecule has 0 saturated carbocycles. The molecule has 8 nitrogen and oxygen atoms in total. The molecule has 29 heavy (non-hydrogen) atoms. The van der Waals surface area contributed by atoms with Gasteiger partial charge in [-0.25, -0.2) is 13.4 Å². The molecule has 3 rings (SSSR count). The lowest BCUT2D eigenvalue weighted by atomic mass is 10.0. The van der Waals surface area contributed by atoms with Crippen LogP contribution in [0.2, 0.25) is 0 Å². The molecular weight excluding hydrogens is 392 g/mol. The number of aromatic amines is 1. The number of H-pyrrole nitrogens is 1. The van der Waals surface area contributed by atoms with Gasteiger partial charge in [0.05, 0.1) is 17.1 Å². The number of sulfonamides is 1. The summed E-state index contributed by atoms with van der Waals surface area (Å²) < 4.78 is 34.3. The molecule has 1 aromatic heterocycles. The van der Waals surface area contributed by atoms with Crippen LogP contribution >= 0.6 is 0 Å². The van der Waals surface area contributed by atoms with Crippen molar-refractivity contribution in [1.29, 1.82) is 0 Å². The van der Waals surface area contributed by atoms with Gasteiger partial charge in [-0.05, 0) is 37.6 Å². The van der Waals surface area contributed by atoms with Gasteiger partial charge in [-0.1, -0.05) is 13.8 Å². The summed E-state index contributed by atoms with van der Waals surface area (Å²) >= 11 is 0. The second kappa shape index (κ2) is 8.64. The highest BCUT2D eigenvalue weighted by molar-refractivity contribution is 7.89. The van der Waals surface area contributed by atoms with Crippen LogP contribution in [0, 0.1) is 0 Å². The first kappa shape index (κ1) is 21.5. The number of hydrogen-bond acceptors (Lipinski definition) is 6. The predicted octanol–water partition coefficient (Wildman–Crippen LogP) is 1.90. The van der Waals surface area contributed by atoms with E-state index in [1.807, 2.05) is 27.8 Å². The van der Waals surface area contributed by atoms with Crippen LogP contribution in [-0.2, 0) is 10.0 Å². The van der Waals surface area contributed by atoms with Crippen LogP contribution in [0.5, 0.6) is 5.75 Å². The quantitative estimate of drug-likeness (QED) is 0.767. The van der Waals surface area contributed by atoms with E-state index >= 15 is 0 Å². The second-order valence-electron chi connectivity index (χ2n) is 7.46. The van der Waals surface area contributed by atoms with Crippen molar-refractivity contribution < 1.29 is 13.2 Å². The summed E-state index contributed by atoms with van der Waals surface area (Å²) in [4.78, 5) is 21.0. The minimum absolute atomic E-state index is 0.0247. The molecule has 0 unspecified atom stereocenters. The Balaban J connectivity index is 2.19. The van der Waals surface area contributed by atoms with Gasteiger partial charge in [0, 0.05) is 38.4 Å². The third-order valence-electron chi connectivity index (χ3n) is 5.04. The maximum absolute atomic E-state index is 13.5. The lowest BCUT2D eigenvalue weighted by Crippen LogP contribution is -2.47. The largest absolute Gasteiger partial charge is 0.493 e. The van der Waals surface area contributed by atoms with Gasteiger partial charge in [-0.15, -0.1) is 0 Å². The second-order valence-corrected chi connectivity index (χ2v) is 9.37. The van der Waals surface area contributed by atoms with Crippen molar-refractivity contribution in [2.24, 2.45) is 0 Å². The third-order valence-corrected chi connectivity index (χ3v) is 6.99. The van der Waals surface area contributed by atoms with Gasteiger partial charge in [0.15, 0.2) is 0 Å². The zero-order valence-electron chi connectivity index (χ0n) is 17.3. The zero-order chi connectivity index (χ0) is 21.2. The van der Waals surface area contributed by atoms with E-state index < -0.39 is 10.0 Å². The van der Waals surface area contributed by atoms with Crippen molar-refractivity contribution in [2.75, 3.05) is 39.8 Å². The highest BCUT2D eigenvalue weighted by atomic mass is 32.2. The lowest BCUT2D eigenvalue weighted by Gasteiger charge is -2.32. The fraction of sp³-hybridized carbons (Fsp3) is 0.500. The van der Waals surface area contributed by atoms with Gasteiger partial charge in [-0.3, -0.25) is 4.79 Å². The first-order valence-corrected chi connectivity index (χ1v) is 11.2. The van der Waals surface area contributed by atoms with E-state index in [-0.39, 0.29) is 22.2 Å². The summed E-state index contributed by atoms with van der Waals surface area (Å²) in [6, 6.07) is 4.67. The van der Waals surface area contributed by atoms with Crippen LogP contribution in [0.4, 0.5) is 0 Å². The maximum Gasteiger partial charge on any atom is 0.251 e. The molecule has 1 aliphatic heterocycles. The summed E-state index contributed by atoms with van der Waals surface area (Å²) in [6.45, 7) is 8.44. The van der Waals surface area contributed by atoms with Crippen molar-refractivity contribution in [3.05, 3.63) is 40.3 Å².